The molecule has 9 nitrogen and oxygen atoms in total. The molecular formula is C16H28N2O7. The van der Waals surface area contributed by atoms with Gasteiger partial charge in [0.05, 0.1) is 0 Å². The Balaban J connectivity index is 4.40. The molecule has 0 aromatic rings. The molecule has 0 aliphatic carbocycles. The fourth-order valence-electron chi connectivity index (χ4n) is 1.39. The second-order valence-electron chi connectivity index (χ2n) is 7.52. The first-order chi connectivity index (χ1) is 11.1. The topological polar surface area (TPSA) is 102 Å². The fraction of sp³-hybridized carbons (Fsp3) is 0.750. The van der Waals surface area contributed by atoms with Crippen LogP contribution < -0.4 is 0 Å². The van der Waals surface area contributed by atoms with Crippen LogP contribution in [0.4, 0.5) is 9.59 Å². The summed E-state index contributed by atoms with van der Waals surface area (Å²) in [5.41, 5.74) is -1.41. The smallest absolute Gasteiger partial charge is 0.410 e. The van der Waals surface area contributed by atoms with Crippen molar-refractivity contribution in [1.82, 2.24) is 9.80 Å². The molecule has 0 radical (unpaired) electrons. The zero-order valence-corrected chi connectivity index (χ0v) is 16.2. The van der Waals surface area contributed by atoms with Crippen LogP contribution in [0.1, 0.15) is 41.5 Å². The van der Waals surface area contributed by atoms with E-state index in [1.165, 1.54) is 14.1 Å². The number of nitrogens with zero attached hydrogens (tertiary/aromatic N) is 2. The third-order valence-corrected chi connectivity index (χ3v) is 2.37. The minimum atomic E-state index is -0.934. The molecule has 0 N–H and O–H groups in total. The molecule has 9 heteroatoms. The second kappa shape index (κ2) is 8.68. The van der Waals surface area contributed by atoms with E-state index in [0.717, 1.165) is 9.80 Å². The number of rotatable bonds is 4. The standard InChI is InChI=1S/C16H28N2O7/c1-15(2,3)24-13(21)17(7)9-11(19)23-12(20)10-18(8)14(22)25-16(4,5)6/h9-10H2,1-8H3. The van der Waals surface area contributed by atoms with Crippen LogP contribution in [-0.2, 0) is 23.8 Å². The Morgan fingerprint density at radius 2 is 0.960 bits per heavy atom. The minimum absolute atomic E-state index is 0.462. The summed E-state index contributed by atoms with van der Waals surface area (Å²) >= 11 is 0. The van der Waals surface area contributed by atoms with Gasteiger partial charge in [0.25, 0.3) is 0 Å². The molecule has 0 aromatic carbocycles. The van der Waals surface area contributed by atoms with Gasteiger partial charge >= 0.3 is 24.1 Å². The van der Waals surface area contributed by atoms with Crippen LogP contribution in [0.5, 0.6) is 0 Å². The molecule has 25 heavy (non-hydrogen) atoms. The van der Waals surface area contributed by atoms with Crippen molar-refractivity contribution in [1.29, 1.82) is 0 Å². The van der Waals surface area contributed by atoms with E-state index >= 15 is 0 Å². The summed E-state index contributed by atoms with van der Waals surface area (Å²) in [6.07, 6.45) is -1.44. The van der Waals surface area contributed by atoms with Crippen LogP contribution in [0.25, 0.3) is 0 Å². The number of carbonyl (C=O) groups is 4. The highest BCUT2D eigenvalue weighted by Crippen LogP contribution is 2.10. The van der Waals surface area contributed by atoms with E-state index in [0.29, 0.717) is 0 Å². The van der Waals surface area contributed by atoms with Crippen LogP contribution in [0, 0.1) is 0 Å². The van der Waals surface area contributed by atoms with Crippen LogP contribution in [-0.4, -0.2) is 72.3 Å². The normalized spacial score (nSPS) is 11.4. The van der Waals surface area contributed by atoms with Crippen molar-refractivity contribution >= 4 is 24.1 Å². The summed E-state index contributed by atoms with van der Waals surface area (Å²) in [6, 6.07) is 0. The van der Waals surface area contributed by atoms with Crippen molar-refractivity contribution in [3.05, 3.63) is 0 Å². The average Bonchev–Trinajstić information content (AvgIpc) is 2.33. The number of hydrogen-bond acceptors (Lipinski definition) is 7. The Labute approximate surface area is 148 Å². The van der Waals surface area contributed by atoms with E-state index < -0.39 is 48.4 Å². The minimum Gasteiger partial charge on any atom is -0.444 e. The van der Waals surface area contributed by atoms with Gasteiger partial charge < -0.3 is 24.0 Å². The first-order valence-electron chi connectivity index (χ1n) is 7.72. The van der Waals surface area contributed by atoms with Crippen molar-refractivity contribution in [2.24, 2.45) is 0 Å². The lowest BCUT2D eigenvalue weighted by molar-refractivity contribution is -0.160. The molecule has 0 aromatic heterocycles. The maximum Gasteiger partial charge on any atom is 0.410 e. The molecule has 0 aliphatic heterocycles. The molecule has 144 valence electrons. The van der Waals surface area contributed by atoms with Crippen molar-refractivity contribution in [2.75, 3.05) is 27.2 Å². The number of esters is 2. The summed E-state index contributed by atoms with van der Waals surface area (Å²) < 4.78 is 14.7. The Hall–Kier alpha value is -2.32. The Morgan fingerprint density at radius 3 is 1.20 bits per heavy atom. The van der Waals surface area contributed by atoms with Gasteiger partial charge in [0.1, 0.15) is 24.3 Å². The summed E-state index contributed by atoms with van der Waals surface area (Å²) in [6.45, 7) is 9.20. The average molecular weight is 360 g/mol. The van der Waals surface area contributed by atoms with E-state index in [4.69, 9.17) is 9.47 Å². The largest absolute Gasteiger partial charge is 0.444 e. The number of amides is 2. The molecule has 0 heterocycles. The first-order valence-corrected chi connectivity index (χ1v) is 7.72. The lowest BCUT2D eigenvalue weighted by Gasteiger charge is -2.24. The van der Waals surface area contributed by atoms with Crippen LogP contribution in [0.15, 0.2) is 0 Å². The third kappa shape index (κ3) is 11.0. The van der Waals surface area contributed by atoms with E-state index in [1.807, 2.05) is 0 Å². The van der Waals surface area contributed by atoms with E-state index in [-0.39, 0.29) is 0 Å². The highest BCUT2D eigenvalue weighted by atomic mass is 16.6. The molecule has 0 saturated carbocycles. The van der Waals surface area contributed by atoms with Gasteiger partial charge in [0.15, 0.2) is 0 Å². The summed E-state index contributed by atoms with van der Waals surface area (Å²) in [4.78, 5) is 48.8. The van der Waals surface area contributed by atoms with Gasteiger partial charge in [0.2, 0.25) is 0 Å². The van der Waals surface area contributed by atoms with Gasteiger partial charge in [-0.2, -0.15) is 0 Å². The summed E-state index contributed by atoms with van der Waals surface area (Å²) in [5, 5.41) is 0. The van der Waals surface area contributed by atoms with Gasteiger partial charge in [-0.1, -0.05) is 0 Å². The van der Waals surface area contributed by atoms with Gasteiger partial charge in [-0.3, -0.25) is 0 Å². The molecule has 0 aliphatic rings. The summed E-state index contributed by atoms with van der Waals surface area (Å²) in [7, 11) is 2.68. The van der Waals surface area contributed by atoms with Gasteiger partial charge in [0, 0.05) is 14.1 Å². The predicted octanol–water partition coefficient (Wildman–Crippen LogP) is 1.79. The third-order valence-electron chi connectivity index (χ3n) is 2.37. The number of ether oxygens (including phenoxy) is 3. The maximum absolute atomic E-state index is 11.7. The molecule has 0 rings (SSSR count). The quantitative estimate of drug-likeness (QED) is 0.428. The second-order valence-corrected chi connectivity index (χ2v) is 7.52. The number of hydrogen-bond donors (Lipinski definition) is 0. The molecule has 0 bridgehead atoms. The number of likely N-dealkylation sites (N-methyl/N-ethyl adjacent to an activating group) is 2. The van der Waals surface area contributed by atoms with Crippen molar-refractivity contribution < 1.29 is 33.4 Å². The number of carbonyl (C=O) groups excluding carboxylic acids is 4. The molecule has 0 spiro atoms. The zero-order chi connectivity index (χ0) is 20.0. The van der Waals surface area contributed by atoms with Gasteiger partial charge in [-0.15, -0.1) is 0 Å². The Morgan fingerprint density at radius 1 is 0.680 bits per heavy atom. The SMILES string of the molecule is CN(CC(=O)OC(=O)CN(C)C(=O)OC(C)(C)C)C(=O)OC(C)(C)C. The van der Waals surface area contributed by atoms with E-state index in [1.54, 1.807) is 41.5 Å². The van der Waals surface area contributed by atoms with Crippen molar-refractivity contribution in [2.45, 2.75) is 52.7 Å². The van der Waals surface area contributed by atoms with Crippen LogP contribution in [0.2, 0.25) is 0 Å². The van der Waals surface area contributed by atoms with Crippen LogP contribution in [0.3, 0.4) is 0 Å². The first kappa shape index (κ1) is 22.7. The van der Waals surface area contributed by atoms with E-state index in [9.17, 15) is 19.2 Å². The molecule has 0 unspecified atom stereocenters. The predicted molar refractivity (Wildman–Crippen MR) is 88.8 cm³/mol. The maximum atomic E-state index is 11.7. The lowest BCUT2D eigenvalue weighted by Crippen LogP contribution is -2.40. The van der Waals surface area contributed by atoms with Gasteiger partial charge in [-0.25, -0.2) is 19.2 Å². The molecule has 0 fully saturated rings. The zero-order valence-electron chi connectivity index (χ0n) is 16.2. The molecule has 2 amide bonds. The van der Waals surface area contributed by atoms with Crippen molar-refractivity contribution in [3.63, 3.8) is 0 Å². The molecule has 0 atom stereocenters. The van der Waals surface area contributed by atoms with Crippen LogP contribution >= 0.6 is 0 Å². The Bertz CT molecular complexity index is 472. The Kier molecular flexibility index (Phi) is 7.88. The monoisotopic (exact) mass is 360 g/mol. The fourth-order valence-corrected chi connectivity index (χ4v) is 1.39. The van der Waals surface area contributed by atoms with E-state index in [2.05, 4.69) is 4.74 Å². The molecular weight excluding hydrogens is 332 g/mol. The highest BCUT2D eigenvalue weighted by molar-refractivity contribution is 5.90. The van der Waals surface area contributed by atoms with Crippen molar-refractivity contribution in [3.8, 4) is 0 Å². The lowest BCUT2D eigenvalue weighted by atomic mass is 10.2. The summed E-state index contributed by atoms with van der Waals surface area (Å²) in [5.74, 6) is -1.87. The van der Waals surface area contributed by atoms with Gasteiger partial charge in [-0.05, 0) is 41.5 Å². The highest BCUT2D eigenvalue weighted by Gasteiger charge is 2.25. The molecule has 0 saturated heterocycles.